The number of primary amides is 3. The molecule has 0 aromatic carbocycles. The third-order valence-electron chi connectivity index (χ3n) is 26.7. The third kappa shape index (κ3) is 34.2. The summed E-state index contributed by atoms with van der Waals surface area (Å²) in [4.78, 5) is 179. The van der Waals surface area contributed by atoms with Gasteiger partial charge < -0.3 is 122 Å². The monoisotopic (exact) mass is 2030 g/mol. The van der Waals surface area contributed by atoms with E-state index in [0.717, 1.165) is 56.1 Å². The van der Waals surface area contributed by atoms with Crippen molar-refractivity contribution in [2.24, 2.45) is 52.7 Å². The van der Waals surface area contributed by atoms with Gasteiger partial charge in [-0.3, -0.25) is 47.9 Å². The first kappa shape index (κ1) is 121. The lowest BCUT2D eigenvalue weighted by Gasteiger charge is -2.35. The number of nitrogens with two attached hydrogens (primary N) is 3. The fourth-order valence-electron chi connectivity index (χ4n) is 18.3. The normalized spacial score (nSPS) is 32.6. The highest BCUT2D eigenvalue weighted by Crippen LogP contribution is 2.48. The van der Waals surface area contributed by atoms with Gasteiger partial charge in [-0.05, 0) is 160 Å². The molecular weight excluding hydrogens is 1880 g/mol. The SMILES string of the molecule is C=CCNC1=C2C[C@@H](C)C[C@H](OC)[C@H](O)[C@@H](C)/C=C(\C)[C@H](OC(N)=O)[C@@H](OC)/C=C\C=C(/C)C(=O)NC(=CC1=O)C2=O.COC1=C2C[C@@H](C)C[C@H](OC)[C@H](O)[C@@H](C)/C=C(\C)[C@H](OC(N)=O)[C@@H](OC)/C=C\C=C(/C)C(=O)NC(=CC1=O)C2=O.CO[C@H]1/C=C\C=C(/C)C(=O)NC2=CC(=O)C(NCCCCCNC(=O)CCCCC3SCC4(C)NC(=O)NC34C)=C(C[C@@H](C)C[C@H](OC)[C@H](O)[C@@H](C)/C=C(\C)[C@@H]1OC(N)=O)C2=O. The number of hydrogen-bond donors (Lipinski definition) is 14. The van der Waals surface area contributed by atoms with Gasteiger partial charge in [0.1, 0.15) is 18.3 Å². The molecule has 5 heterocycles. The summed E-state index contributed by atoms with van der Waals surface area (Å²) >= 11 is 1.87. The van der Waals surface area contributed by atoms with E-state index in [1.54, 1.807) is 116 Å². The van der Waals surface area contributed by atoms with Crippen molar-refractivity contribution in [1.29, 1.82) is 0 Å². The molecule has 0 spiro atoms. The zero-order chi connectivity index (χ0) is 107. The molecule has 0 radical (unpaired) electrons. The molecule has 8 aliphatic rings. The Morgan fingerprint density at radius 2 is 0.840 bits per heavy atom. The number of Topliss-reactive ketones (excluding diaryl/α,β-unsaturated/α-hetero) is 3. The highest BCUT2D eigenvalue weighted by Gasteiger charge is 2.61. The van der Waals surface area contributed by atoms with Gasteiger partial charge >= 0.3 is 24.3 Å². The Morgan fingerprint density at radius 3 is 1.20 bits per heavy atom. The van der Waals surface area contributed by atoms with Crippen molar-refractivity contribution >= 4 is 94.4 Å². The van der Waals surface area contributed by atoms with Crippen molar-refractivity contribution in [3.63, 3.8) is 0 Å². The van der Waals surface area contributed by atoms with Gasteiger partial charge in [-0.15, -0.1) is 6.58 Å². The Morgan fingerprint density at radius 1 is 0.479 bits per heavy atom. The number of thioether (sulfide) groups is 1. The van der Waals surface area contributed by atoms with Crippen LogP contribution in [-0.2, 0) is 95.3 Å². The Balaban J connectivity index is 0.000000342. The summed E-state index contributed by atoms with van der Waals surface area (Å²) in [5, 5.41) is 57.2. The van der Waals surface area contributed by atoms with Crippen LogP contribution >= 0.6 is 11.8 Å². The van der Waals surface area contributed by atoms with E-state index >= 15 is 0 Å². The van der Waals surface area contributed by atoms with Gasteiger partial charge in [0.2, 0.25) is 40.6 Å². The minimum Gasteiger partial charge on any atom is -0.492 e. The number of ether oxygens (including phenoxy) is 10. The van der Waals surface area contributed by atoms with Crippen LogP contribution in [0.1, 0.15) is 180 Å². The molecule has 8 rings (SSSR count). The number of aliphatic hydroxyl groups excluding tert-OH is 3. The van der Waals surface area contributed by atoms with E-state index in [2.05, 4.69) is 63.0 Å². The largest absolute Gasteiger partial charge is 0.492 e. The summed E-state index contributed by atoms with van der Waals surface area (Å²) in [7, 11) is 10.1. The second kappa shape index (κ2) is 57.8. The molecule has 9 amide bonds. The highest BCUT2D eigenvalue weighted by molar-refractivity contribution is 8.00. The van der Waals surface area contributed by atoms with E-state index in [-0.39, 0.29) is 134 Å². The lowest BCUT2D eigenvalue weighted by atomic mass is 9.79. The van der Waals surface area contributed by atoms with Crippen LogP contribution in [0.15, 0.2) is 188 Å². The van der Waals surface area contributed by atoms with E-state index in [1.807, 2.05) is 32.5 Å². The topological polar surface area (TPSA) is 566 Å². The van der Waals surface area contributed by atoms with Gasteiger partial charge in [0.25, 0.3) is 17.7 Å². The number of allylic oxidation sites excluding steroid dienone is 12. The Hall–Kier alpha value is -11.8. The number of amides is 9. The maximum Gasteiger partial charge on any atom is 0.405 e. The highest BCUT2D eigenvalue weighted by atomic mass is 32.2. The second-order valence-corrected chi connectivity index (χ2v) is 39.3. The standard InChI is InChI=1S/C45H68N6O10S.C31H43N3O8.C29H40N2O9/c1-26-21-30-37(48-20-13-9-12-19-47-36(53)18-11-10-17-35-45(6)44(5,25-62-35)50-43(58)51-45)32(52)24-31(39(30)55)49-41(56)27(2)15-14-16-33(59-7)40(61-42(46)57)29(4)23-28(3)38(54)34(22-26)60-8;1-8-12-33-26-21-13-17(2)14-25(41-7)27(36)19(4)15-20(5)29(42-31(32)39)24(40-6)11-9-10-18(3)30(38)34-22(28(21)37)16-23(26)35;1-15-11-19-25(34)20(14-21(32)27(19)39-7)31-28(35)16(2)9-8-10-22(37-5)26(40-29(30)36)18(4)13-17(3)24(33)23(12-15)38-6/h14-16,23-24,26,28,33-35,38,40,48,54H,9-13,17-22,25H2,1-8H3,(H2,46,57)(H,47,53)(H,49,56)(H2,50,51,58);8-11,15-17,19,24-25,27,29,33,36H,1,12-14H2,2-7H3,(H2,32,39)(H,34,38);8-10,13-15,17,22-24,26,33H,11-12H2,1-7H3,(H2,30,36)(H,31,35)/b16-14-,27-15+,29-23+;11-9-,18-10+,20-15+;10-8-,16-9+,18-13+/t26-,28+,33+,34+,35?,38-,40+,44?,45?;17-,19+,24+,25+,27-,29+;15-,17+,22+,23+,24-,26+/m111/s1. The molecule has 3 aliphatic carbocycles. The number of methoxy groups -OCH3 is 7. The van der Waals surface area contributed by atoms with E-state index in [0.29, 0.717) is 67.2 Å². The van der Waals surface area contributed by atoms with Crippen molar-refractivity contribution in [2.75, 3.05) is 75.2 Å². The number of ketones is 6. The van der Waals surface area contributed by atoms with Crippen molar-refractivity contribution in [3.05, 3.63) is 188 Å². The first-order chi connectivity index (χ1) is 68.0. The average molecular weight is 2030 g/mol. The van der Waals surface area contributed by atoms with Crippen LogP contribution in [0, 0.1) is 35.5 Å². The lowest BCUT2D eigenvalue weighted by molar-refractivity contribution is -0.121. The van der Waals surface area contributed by atoms with Crippen molar-refractivity contribution in [3.8, 4) is 0 Å². The summed E-state index contributed by atoms with van der Waals surface area (Å²) in [6.07, 6.45) is 17.8. The van der Waals surface area contributed by atoms with Gasteiger partial charge in [0.05, 0.1) is 83.3 Å². The van der Waals surface area contributed by atoms with Crippen LogP contribution in [0.5, 0.6) is 0 Å². The number of unbranched alkanes of at least 4 members (excludes halogenated alkanes) is 3. The number of fused-ring (bicyclic) bond motifs is 7. The van der Waals surface area contributed by atoms with Crippen molar-refractivity contribution in [2.45, 2.75) is 270 Å². The van der Waals surface area contributed by atoms with Crippen LogP contribution in [0.3, 0.4) is 0 Å². The second-order valence-electron chi connectivity index (χ2n) is 38.1. The maximum absolute atomic E-state index is 14.0. The van der Waals surface area contributed by atoms with Crippen molar-refractivity contribution in [1.82, 2.24) is 42.5 Å². The van der Waals surface area contributed by atoms with Crippen LogP contribution in [0.4, 0.5) is 19.2 Å². The molecule has 17 N–H and O–H groups in total. The van der Waals surface area contributed by atoms with Gasteiger partial charge in [0, 0.05) is 149 Å². The predicted molar refractivity (Wildman–Crippen MR) is 542 cm³/mol. The maximum atomic E-state index is 14.0. The quantitative estimate of drug-likeness (QED) is 0.0133. The zero-order valence-electron chi connectivity index (χ0n) is 86.7. The molecule has 794 valence electrons. The summed E-state index contributed by atoms with van der Waals surface area (Å²) in [6, 6.07) is -0.116. The molecule has 0 aromatic heterocycles. The molecule has 3 unspecified atom stereocenters. The number of nitrogens with one attached hydrogen (secondary N) is 8. The van der Waals surface area contributed by atoms with Crippen LogP contribution in [0.2, 0.25) is 0 Å². The van der Waals surface area contributed by atoms with Crippen LogP contribution in [-0.4, -0.2) is 263 Å². The Kier molecular flexibility index (Phi) is 48.5. The minimum absolute atomic E-state index is 0.00677. The number of hydrogen-bond acceptors (Lipinski definition) is 30. The summed E-state index contributed by atoms with van der Waals surface area (Å²) in [5.74, 6) is -5.91. The number of carbonyl (C=O) groups is 14. The van der Waals surface area contributed by atoms with E-state index in [1.165, 1.54) is 74.9 Å². The van der Waals surface area contributed by atoms with Gasteiger partial charge in [-0.2, -0.15) is 11.8 Å². The number of aliphatic hydroxyl groups is 3. The Bertz CT molecular complexity index is 5180. The number of carbonyl (C=O) groups excluding carboxylic acids is 14. The lowest BCUT2D eigenvalue weighted by Crippen LogP contribution is -2.58. The molecule has 0 aromatic rings. The molecular formula is C105H151N11O27S. The van der Waals surface area contributed by atoms with Gasteiger partial charge in [-0.25, -0.2) is 19.2 Å². The molecule has 2 fully saturated rings. The van der Waals surface area contributed by atoms with Gasteiger partial charge in [0.15, 0.2) is 24.1 Å². The predicted octanol–water partition coefficient (Wildman–Crippen LogP) is 9.09. The first-order valence-electron chi connectivity index (χ1n) is 48.4. The zero-order valence-corrected chi connectivity index (χ0v) is 87.5. The fourth-order valence-corrected chi connectivity index (χ4v) is 20.2. The number of rotatable bonds is 25. The third-order valence-corrected chi connectivity index (χ3v) is 28.5. The van der Waals surface area contributed by atoms with Gasteiger partial charge in [-0.1, -0.05) is 127 Å². The van der Waals surface area contributed by atoms with E-state index in [4.69, 9.17) is 64.6 Å². The molecule has 6 bridgehead atoms. The van der Waals surface area contributed by atoms with E-state index < -0.39 is 162 Å². The molecule has 0 saturated carbocycles. The van der Waals surface area contributed by atoms with Crippen LogP contribution in [0.25, 0.3) is 0 Å². The molecule has 21 atom stereocenters. The average Bonchev–Trinajstić information content (AvgIpc) is 1.57. The molecule has 2 saturated heterocycles. The Labute approximate surface area is 848 Å². The smallest absolute Gasteiger partial charge is 0.405 e. The summed E-state index contributed by atoms with van der Waals surface area (Å²) < 4.78 is 55.1. The molecule has 38 nitrogen and oxygen atoms in total. The molecule has 39 heteroatoms. The van der Waals surface area contributed by atoms with E-state index in [9.17, 15) is 82.4 Å². The summed E-state index contributed by atoms with van der Waals surface area (Å²) in [6.45, 7) is 29.9. The summed E-state index contributed by atoms with van der Waals surface area (Å²) in [5.41, 5.74) is 18.4. The molecule has 5 aliphatic heterocycles. The molecule has 144 heavy (non-hydrogen) atoms. The first-order valence-corrected chi connectivity index (χ1v) is 49.4. The number of urea groups is 1. The fraction of sp³-hybridized carbons (Fsp3) is 0.562. The van der Waals surface area contributed by atoms with Crippen LogP contribution < -0.4 is 59.7 Å². The van der Waals surface area contributed by atoms with Crippen molar-refractivity contribution < 1.29 is 130 Å². The minimum atomic E-state index is -1.01.